The molecule has 1 atom stereocenters. The Kier molecular flexibility index (Phi) is 7.12. The fourth-order valence-corrected chi connectivity index (χ4v) is 10.5. The largest absolute Gasteiger partial charge is 0.454 e. The summed E-state index contributed by atoms with van der Waals surface area (Å²) in [5, 5.41) is 0.799. The van der Waals surface area contributed by atoms with Crippen LogP contribution in [-0.4, -0.2) is 49.9 Å². The monoisotopic (exact) mass is 681 g/mol. The van der Waals surface area contributed by atoms with E-state index in [4.69, 9.17) is 9.47 Å². The van der Waals surface area contributed by atoms with E-state index in [0.29, 0.717) is 18.0 Å². The van der Waals surface area contributed by atoms with Crippen molar-refractivity contribution in [3.05, 3.63) is 131 Å². The zero-order valence-electron chi connectivity index (χ0n) is 26.9. The summed E-state index contributed by atoms with van der Waals surface area (Å²) in [6, 6.07) is 27.4. The summed E-state index contributed by atoms with van der Waals surface area (Å²) in [5.74, 6) is 1.16. The Morgan fingerprint density at radius 1 is 0.729 bits per heavy atom. The average Bonchev–Trinajstić information content (AvgIpc) is 3.75. The van der Waals surface area contributed by atoms with Gasteiger partial charge < -0.3 is 14.0 Å². The van der Waals surface area contributed by atoms with Crippen LogP contribution in [0.3, 0.4) is 0 Å². The van der Waals surface area contributed by atoms with Gasteiger partial charge in [0.2, 0.25) is 26.8 Å². The number of fused-ring (bicyclic) bond motifs is 5. The van der Waals surface area contributed by atoms with Gasteiger partial charge in [-0.05, 0) is 56.7 Å². The van der Waals surface area contributed by atoms with Crippen molar-refractivity contribution in [2.75, 3.05) is 19.9 Å². The van der Waals surface area contributed by atoms with Crippen LogP contribution in [0.5, 0.6) is 11.5 Å². The van der Waals surface area contributed by atoms with Gasteiger partial charge in [0.1, 0.15) is 0 Å². The second-order valence-corrected chi connectivity index (χ2v) is 16.7. The molecule has 0 saturated heterocycles. The predicted octanol–water partition coefficient (Wildman–Crippen LogP) is 6.09. The lowest BCUT2D eigenvalue weighted by molar-refractivity contribution is 0.174. The van der Waals surface area contributed by atoms with Crippen LogP contribution in [0.15, 0.2) is 112 Å². The van der Waals surface area contributed by atoms with Crippen LogP contribution in [0.2, 0.25) is 0 Å². The highest BCUT2D eigenvalue weighted by Crippen LogP contribution is 2.52. The molecule has 1 spiro atoms. The number of hydrogen-bond acceptors (Lipinski definition) is 6. The first kappa shape index (κ1) is 30.9. The highest BCUT2D eigenvalue weighted by molar-refractivity contribution is 7.89. The summed E-state index contributed by atoms with van der Waals surface area (Å²) in [7, 11) is -8.17. The third-order valence-electron chi connectivity index (χ3n) is 9.62. The van der Waals surface area contributed by atoms with E-state index >= 15 is 0 Å². The van der Waals surface area contributed by atoms with Crippen LogP contribution >= 0.6 is 0 Å². The lowest BCUT2D eigenvalue weighted by atomic mass is 9.85. The van der Waals surface area contributed by atoms with Crippen LogP contribution in [0, 0.1) is 13.8 Å². The van der Waals surface area contributed by atoms with Crippen molar-refractivity contribution >= 4 is 30.9 Å². The minimum absolute atomic E-state index is 0.0481. The van der Waals surface area contributed by atoms with E-state index in [1.165, 1.54) is 8.61 Å². The third-order valence-corrected chi connectivity index (χ3v) is 13.3. The van der Waals surface area contributed by atoms with Gasteiger partial charge in [-0.15, -0.1) is 0 Å². The highest BCUT2D eigenvalue weighted by atomic mass is 32.2. The van der Waals surface area contributed by atoms with Crippen LogP contribution in [0.1, 0.15) is 34.9 Å². The molecule has 0 bridgehead atoms. The highest BCUT2D eigenvalue weighted by Gasteiger charge is 2.55. The maximum Gasteiger partial charge on any atom is 0.244 e. The molecule has 9 nitrogen and oxygen atoms in total. The molecule has 48 heavy (non-hydrogen) atoms. The topological polar surface area (TPSA) is 98.2 Å². The zero-order chi connectivity index (χ0) is 33.4. The first-order chi connectivity index (χ1) is 23.0. The summed E-state index contributed by atoms with van der Waals surface area (Å²) >= 11 is 0. The summed E-state index contributed by atoms with van der Waals surface area (Å²) in [6.07, 6.45) is 1.95. The van der Waals surface area contributed by atoms with Gasteiger partial charge in [-0.3, -0.25) is 0 Å². The van der Waals surface area contributed by atoms with E-state index in [1.807, 2.05) is 69.3 Å². The Balaban J connectivity index is 1.42. The van der Waals surface area contributed by atoms with E-state index in [1.54, 1.807) is 48.5 Å². The molecular formula is C37H35N3O6S2. The number of nitrogens with zero attached hydrogens (tertiary/aromatic N) is 3. The van der Waals surface area contributed by atoms with Gasteiger partial charge in [0.15, 0.2) is 11.5 Å². The van der Waals surface area contributed by atoms with E-state index < -0.39 is 25.6 Å². The summed E-state index contributed by atoms with van der Waals surface area (Å²) in [4.78, 5) is 0.311. The first-order valence-corrected chi connectivity index (χ1v) is 18.7. The SMILES string of the molecule is CC1=CC2(CN(S(=O)(=O)c3ccc(C)cc3)Cc3c2c2cc4c(cc2n3Cc2ccccc2)OCO4)N(S(=O)(=O)c2ccc(C)cc2)C1. The molecule has 0 amide bonds. The van der Waals surface area contributed by atoms with Gasteiger partial charge in [0.05, 0.1) is 27.4 Å². The molecule has 0 aliphatic carbocycles. The Morgan fingerprint density at radius 3 is 1.98 bits per heavy atom. The molecule has 1 aromatic heterocycles. The molecule has 4 heterocycles. The van der Waals surface area contributed by atoms with Crippen molar-refractivity contribution in [3.8, 4) is 11.5 Å². The van der Waals surface area contributed by atoms with E-state index in [0.717, 1.165) is 44.4 Å². The average molecular weight is 682 g/mol. The van der Waals surface area contributed by atoms with Crippen molar-refractivity contribution in [1.82, 2.24) is 13.2 Å². The Bertz CT molecular complexity index is 2330. The number of ether oxygens (including phenoxy) is 2. The zero-order valence-corrected chi connectivity index (χ0v) is 28.5. The molecule has 0 N–H and O–H groups in total. The molecule has 8 rings (SSSR count). The molecule has 0 radical (unpaired) electrons. The van der Waals surface area contributed by atoms with Gasteiger partial charge in [0, 0.05) is 42.3 Å². The minimum atomic E-state index is -4.11. The van der Waals surface area contributed by atoms with Crippen LogP contribution in [0.4, 0.5) is 0 Å². The Hall–Kier alpha value is -4.42. The molecule has 0 fully saturated rings. The maximum atomic E-state index is 14.7. The van der Waals surface area contributed by atoms with Gasteiger partial charge in [-0.2, -0.15) is 8.61 Å². The van der Waals surface area contributed by atoms with Crippen molar-refractivity contribution < 1.29 is 26.3 Å². The minimum Gasteiger partial charge on any atom is -0.454 e. The molecular weight excluding hydrogens is 647 g/mol. The van der Waals surface area contributed by atoms with Gasteiger partial charge in [-0.1, -0.05) is 77.4 Å². The molecule has 3 aliphatic heterocycles. The predicted molar refractivity (Wildman–Crippen MR) is 183 cm³/mol. The number of hydrogen-bond donors (Lipinski definition) is 0. The van der Waals surface area contributed by atoms with Crippen LogP contribution in [-0.2, 0) is 38.7 Å². The molecule has 3 aliphatic rings. The van der Waals surface area contributed by atoms with Crippen LogP contribution < -0.4 is 9.47 Å². The third kappa shape index (κ3) is 4.79. The Labute approximate surface area is 280 Å². The fourth-order valence-electron chi connectivity index (χ4n) is 7.34. The molecule has 11 heteroatoms. The van der Waals surface area contributed by atoms with Crippen molar-refractivity contribution in [1.29, 1.82) is 0 Å². The standard InChI is InChI=1S/C37H35N3O6S2/c1-25-9-13-29(14-10-25)47(41,42)38-22-33-36(37(23-38)19-27(3)20-40(37)48(43,44)30-15-11-26(2)12-16-30)31-17-34-35(46-24-45-34)18-32(31)39(33)21-28-7-5-4-6-8-28/h4-19H,20-24H2,1-3H3. The van der Waals surface area contributed by atoms with E-state index in [9.17, 15) is 16.8 Å². The molecule has 4 aromatic carbocycles. The maximum absolute atomic E-state index is 14.7. The lowest BCUT2D eigenvalue weighted by Crippen LogP contribution is -2.56. The second kappa shape index (κ2) is 11.1. The fraction of sp³-hybridized carbons (Fsp3) is 0.243. The van der Waals surface area contributed by atoms with Crippen molar-refractivity contribution in [3.63, 3.8) is 0 Å². The first-order valence-electron chi connectivity index (χ1n) is 15.8. The number of aromatic nitrogens is 1. The lowest BCUT2D eigenvalue weighted by Gasteiger charge is -2.44. The summed E-state index contributed by atoms with van der Waals surface area (Å²) < 4.78 is 75.2. The van der Waals surface area contributed by atoms with Gasteiger partial charge in [-0.25, -0.2) is 16.8 Å². The number of aryl methyl sites for hydroxylation is 2. The van der Waals surface area contributed by atoms with Gasteiger partial charge >= 0.3 is 0 Å². The van der Waals surface area contributed by atoms with Crippen molar-refractivity contribution in [2.45, 2.75) is 49.2 Å². The van der Waals surface area contributed by atoms with E-state index in [-0.39, 0.29) is 36.2 Å². The second-order valence-electron chi connectivity index (χ2n) is 12.9. The molecule has 5 aromatic rings. The number of rotatable bonds is 6. The molecule has 1 unspecified atom stereocenters. The normalized spacial score (nSPS) is 19.6. The number of sulfonamides is 2. The molecule has 0 saturated carbocycles. The number of benzene rings is 4. The van der Waals surface area contributed by atoms with E-state index in [2.05, 4.69) is 4.57 Å². The van der Waals surface area contributed by atoms with Crippen molar-refractivity contribution in [2.24, 2.45) is 0 Å². The quantitative estimate of drug-likeness (QED) is 0.202. The van der Waals surface area contributed by atoms with Crippen LogP contribution in [0.25, 0.3) is 10.9 Å². The summed E-state index contributed by atoms with van der Waals surface area (Å²) in [6.45, 7) is 6.31. The van der Waals surface area contributed by atoms with Gasteiger partial charge in [0.25, 0.3) is 0 Å². The smallest absolute Gasteiger partial charge is 0.244 e. The molecule has 246 valence electrons. The Morgan fingerprint density at radius 2 is 1.33 bits per heavy atom. The summed E-state index contributed by atoms with van der Waals surface area (Å²) in [5.41, 5.74) is 4.66.